The second kappa shape index (κ2) is 8.77. The summed E-state index contributed by atoms with van der Waals surface area (Å²) in [5, 5.41) is 2.84. The Morgan fingerprint density at radius 3 is 2.76 bits per heavy atom. The molecule has 0 unspecified atom stereocenters. The Labute approximate surface area is 194 Å². The highest BCUT2D eigenvalue weighted by atomic mass is 16.4. The van der Waals surface area contributed by atoms with Crippen molar-refractivity contribution in [2.75, 3.05) is 18.4 Å². The molecule has 0 bridgehead atoms. The number of anilines is 1. The van der Waals surface area contributed by atoms with Crippen LogP contribution in [-0.2, 0) is 11.3 Å². The molecular formula is C24H25N5O5. The monoisotopic (exact) mass is 463 g/mol. The van der Waals surface area contributed by atoms with Gasteiger partial charge in [-0.3, -0.25) is 19.9 Å². The molecule has 2 aliphatic rings. The second-order valence-electron chi connectivity index (χ2n) is 8.79. The lowest BCUT2D eigenvalue weighted by Crippen LogP contribution is -2.51. The van der Waals surface area contributed by atoms with E-state index >= 15 is 0 Å². The predicted octanol–water partition coefficient (Wildman–Crippen LogP) is 2.83. The van der Waals surface area contributed by atoms with Crippen LogP contribution in [0.25, 0.3) is 11.1 Å². The first kappa shape index (κ1) is 21.9. The van der Waals surface area contributed by atoms with Gasteiger partial charge in [0.2, 0.25) is 5.91 Å². The van der Waals surface area contributed by atoms with Gasteiger partial charge in [0.05, 0.1) is 12.1 Å². The second-order valence-corrected chi connectivity index (χ2v) is 8.79. The average molecular weight is 463 g/mol. The van der Waals surface area contributed by atoms with Gasteiger partial charge in [-0.05, 0) is 43.5 Å². The van der Waals surface area contributed by atoms with Gasteiger partial charge >= 0.3 is 11.8 Å². The number of likely N-dealkylation sites (tertiary alicyclic amines) is 1. The minimum absolute atomic E-state index is 0.0461. The van der Waals surface area contributed by atoms with E-state index in [-0.39, 0.29) is 36.6 Å². The molecule has 3 aromatic rings. The molecule has 4 heterocycles. The highest BCUT2D eigenvalue weighted by molar-refractivity contribution is 6.00. The average Bonchev–Trinajstić information content (AvgIpc) is 3.23. The number of rotatable bonds is 5. The van der Waals surface area contributed by atoms with Crippen LogP contribution in [0.2, 0.25) is 0 Å². The number of piperidine rings is 1. The summed E-state index contributed by atoms with van der Waals surface area (Å²) in [4.78, 5) is 59.7. The number of nitrogens with zero attached hydrogens (tertiary/aromatic N) is 3. The highest BCUT2D eigenvalue weighted by Crippen LogP contribution is 2.26. The lowest BCUT2D eigenvalue weighted by molar-refractivity contribution is -0.132. The van der Waals surface area contributed by atoms with Crippen LogP contribution in [0.3, 0.4) is 0 Å². The number of aromatic amines is 1. The van der Waals surface area contributed by atoms with Crippen LogP contribution < -0.4 is 11.1 Å². The third kappa shape index (κ3) is 4.18. The number of nitrogens with one attached hydrogen (secondary N) is 2. The zero-order valence-electron chi connectivity index (χ0n) is 18.8. The highest BCUT2D eigenvalue weighted by Gasteiger charge is 2.33. The van der Waals surface area contributed by atoms with Crippen LogP contribution in [0, 0.1) is 6.92 Å². The van der Waals surface area contributed by atoms with Crippen LogP contribution in [-0.4, -0.2) is 56.6 Å². The number of aryl methyl sites for hydroxylation is 1. The quantitative estimate of drug-likeness (QED) is 0.560. The van der Waals surface area contributed by atoms with E-state index in [1.54, 1.807) is 24.1 Å². The molecule has 176 valence electrons. The van der Waals surface area contributed by atoms with Crippen molar-refractivity contribution in [2.24, 2.45) is 0 Å². The normalized spacial score (nSPS) is 16.4. The third-order valence-corrected chi connectivity index (χ3v) is 6.59. The molecule has 0 spiro atoms. The van der Waals surface area contributed by atoms with Crippen molar-refractivity contribution >= 4 is 34.6 Å². The van der Waals surface area contributed by atoms with Gasteiger partial charge in [0.15, 0.2) is 11.4 Å². The molecular weight excluding hydrogens is 438 g/mol. The number of hydrogen-bond donors (Lipinski definition) is 2. The summed E-state index contributed by atoms with van der Waals surface area (Å²) < 4.78 is 5.07. The van der Waals surface area contributed by atoms with E-state index in [1.165, 1.54) is 6.07 Å². The molecule has 34 heavy (non-hydrogen) atoms. The van der Waals surface area contributed by atoms with Crippen LogP contribution in [0.5, 0.6) is 0 Å². The Balaban J connectivity index is 1.15. The first-order valence-corrected chi connectivity index (χ1v) is 11.3. The van der Waals surface area contributed by atoms with Crippen molar-refractivity contribution in [1.29, 1.82) is 0 Å². The minimum Gasteiger partial charge on any atom is -0.408 e. The van der Waals surface area contributed by atoms with Crippen molar-refractivity contribution in [3.05, 3.63) is 57.7 Å². The maximum atomic E-state index is 12.7. The zero-order valence-corrected chi connectivity index (χ0v) is 18.8. The van der Waals surface area contributed by atoms with Crippen molar-refractivity contribution in [3.8, 4) is 0 Å². The van der Waals surface area contributed by atoms with Gasteiger partial charge < -0.3 is 14.2 Å². The summed E-state index contributed by atoms with van der Waals surface area (Å²) >= 11 is 0. The predicted molar refractivity (Wildman–Crippen MR) is 124 cm³/mol. The molecule has 0 radical (unpaired) electrons. The lowest BCUT2D eigenvalue weighted by Gasteiger charge is -2.40. The van der Waals surface area contributed by atoms with Gasteiger partial charge in [0.1, 0.15) is 5.82 Å². The number of ketones is 1. The number of amides is 3. The number of pyridine rings is 1. The van der Waals surface area contributed by atoms with Crippen LogP contribution in [0.15, 0.2) is 39.7 Å². The SMILES string of the molecule is Cc1cc(C(=O)CCC(=O)N2CCC(N3Cc4cccnc4NC3=O)CC2)cc2oc(=O)[nH]c12. The summed E-state index contributed by atoms with van der Waals surface area (Å²) in [6.45, 7) is 3.38. The molecule has 1 aromatic carbocycles. The fourth-order valence-corrected chi connectivity index (χ4v) is 4.74. The van der Waals surface area contributed by atoms with Gasteiger partial charge in [-0.25, -0.2) is 14.6 Å². The lowest BCUT2D eigenvalue weighted by atomic mass is 10.00. The topological polar surface area (TPSA) is 129 Å². The van der Waals surface area contributed by atoms with Gasteiger partial charge in [-0.15, -0.1) is 0 Å². The molecule has 1 saturated heterocycles. The Morgan fingerprint density at radius 2 is 1.97 bits per heavy atom. The first-order chi connectivity index (χ1) is 16.4. The molecule has 0 saturated carbocycles. The number of urea groups is 1. The van der Waals surface area contributed by atoms with E-state index in [0.717, 1.165) is 11.1 Å². The number of carbonyl (C=O) groups is 3. The largest absolute Gasteiger partial charge is 0.417 e. The molecule has 2 aromatic heterocycles. The van der Waals surface area contributed by atoms with Gasteiger partial charge in [-0.2, -0.15) is 0 Å². The van der Waals surface area contributed by atoms with Gasteiger partial charge in [0, 0.05) is 49.3 Å². The van der Waals surface area contributed by atoms with Crippen molar-refractivity contribution in [1.82, 2.24) is 19.8 Å². The first-order valence-electron chi connectivity index (χ1n) is 11.3. The fraction of sp³-hybridized carbons (Fsp3) is 0.375. The van der Waals surface area contributed by atoms with E-state index in [0.29, 0.717) is 55.0 Å². The van der Waals surface area contributed by atoms with Crippen LogP contribution >= 0.6 is 0 Å². The summed E-state index contributed by atoms with van der Waals surface area (Å²) in [5.41, 5.74) is 3.04. The Morgan fingerprint density at radius 1 is 1.18 bits per heavy atom. The molecule has 0 atom stereocenters. The number of carbonyl (C=O) groups excluding carboxylic acids is 3. The molecule has 10 heteroatoms. The Kier molecular flexibility index (Phi) is 5.64. The minimum atomic E-state index is -0.566. The number of hydrogen-bond acceptors (Lipinski definition) is 6. The molecule has 2 aliphatic heterocycles. The standard InChI is InChI=1S/C24H25N5O5/c1-14-11-16(12-19-21(14)26-24(33)34-19)18(30)4-5-20(31)28-9-6-17(7-10-28)29-13-15-3-2-8-25-22(15)27-23(29)32/h2-3,8,11-12,17H,4-7,9-10,13H2,1H3,(H,26,33)(H,25,27,32). The van der Waals surface area contributed by atoms with E-state index in [9.17, 15) is 19.2 Å². The smallest absolute Gasteiger partial charge is 0.408 e. The van der Waals surface area contributed by atoms with E-state index in [1.807, 2.05) is 17.0 Å². The van der Waals surface area contributed by atoms with E-state index < -0.39 is 5.76 Å². The summed E-state index contributed by atoms with van der Waals surface area (Å²) in [7, 11) is 0. The molecule has 10 nitrogen and oxygen atoms in total. The summed E-state index contributed by atoms with van der Waals surface area (Å²) in [5.74, 6) is -0.206. The molecule has 0 aliphatic carbocycles. The number of aromatic nitrogens is 2. The fourth-order valence-electron chi connectivity index (χ4n) is 4.74. The maximum absolute atomic E-state index is 12.7. The van der Waals surface area contributed by atoms with E-state index in [2.05, 4.69) is 15.3 Å². The van der Waals surface area contributed by atoms with E-state index in [4.69, 9.17) is 4.42 Å². The van der Waals surface area contributed by atoms with Gasteiger partial charge in [0.25, 0.3) is 0 Å². The van der Waals surface area contributed by atoms with Crippen molar-refractivity contribution < 1.29 is 18.8 Å². The third-order valence-electron chi connectivity index (χ3n) is 6.59. The Hall–Kier alpha value is -3.95. The number of H-pyrrole nitrogens is 1. The zero-order chi connectivity index (χ0) is 23.8. The maximum Gasteiger partial charge on any atom is 0.417 e. The molecule has 1 fully saturated rings. The number of fused-ring (bicyclic) bond motifs is 2. The van der Waals surface area contributed by atoms with Crippen LogP contribution in [0.4, 0.5) is 10.6 Å². The van der Waals surface area contributed by atoms with Crippen molar-refractivity contribution in [2.45, 2.75) is 45.2 Å². The molecule has 2 N–H and O–H groups in total. The summed E-state index contributed by atoms with van der Waals surface area (Å²) in [6.07, 6.45) is 3.22. The summed E-state index contributed by atoms with van der Waals surface area (Å²) in [6, 6.07) is 6.92. The molecule has 5 rings (SSSR count). The molecule has 3 amide bonds. The number of benzene rings is 1. The van der Waals surface area contributed by atoms with Crippen molar-refractivity contribution in [3.63, 3.8) is 0 Å². The number of oxazole rings is 1. The Bertz CT molecular complexity index is 1340. The van der Waals surface area contributed by atoms with Crippen LogP contribution in [0.1, 0.15) is 47.2 Å². The van der Waals surface area contributed by atoms with Gasteiger partial charge in [-0.1, -0.05) is 6.07 Å². The number of Topliss-reactive ketones (excluding diaryl/α,β-unsaturated/α-hetero) is 1.